The summed E-state index contributed by atoms with van der Waals surface area (Å²) < 4.78 is 10.5. The molecule has 0 bridgehead atoms. The van der Waals surface area contributed by atoms with E-state index in [2.05, 4.69) is 10.6 Å². The summed E-state index contributed by atoms with van der Waals surface area (Å²) in [6, 6.07) is 26.5. The number of alkyl carbamates (subject to hydrolysis) is 1. The van der Waals surface area contributed by atoms with Crippen LogP contribution >= 0.6 is 11.8 Å². The van der Waals surface area contributed by atoms with Gasteiger partial charge in [-0.15, -0.1) is 11.8 Å². The van der Waals surface area contributed by atoms with Crippen molar-refractivity contribution in [3.05, 3.63) is 108 Å². The van der Waals surface area contributed by atoms with Gasteiger partial charge < -0.3 is 25.0 Å². The predicted octanol–water partition coefficient (Wildman–Crippen LogP) is 4.79. The molecule has 1 aliphatic rings. The van der Waals surface area contributed by atoms with Crippen molar-refractivity contribution in [3.63, 3.8) is 0 Å². The lowest BCUT2D eigenvalue weighted by Crippen LogP contribution is -2.56. The molecule has 0 spiro atoms. The van der Waals surface area contributed by atoms with Crippen LogP contribution in [0.5, 0.6) is 0 Å². The average molecular weight is 646 g/mol. The average Bonchev–Trinajstić information content (AvgIpc) is 3.48. The van der Waals surface area contributed by atoms with E-state index in [4.69, 9.17) is 9.47 Å². The summed E-state index contributed by atoms with van der Waals surface area (Å²) in [5.74, 6) is -4.24. The summed E-state index contributed by atoms with van der Waals surface area (Å²) in [6.45, 7) is 5.05. The number of esters is 1. The topological polar surface area (TPSA) is 131 Å². The number of carbonyl (C=O) groups excluding carboxylic acids is 5. The van der Waals surface area contributed by atoms with E-state index in [9.17, 15) is 24.0 Å². The Labute approximate surface area is 273 Å². The third-order valence-corrected chi connectivity index (χ3v) is 8.64. The fraction of sp³-hybridized carbons (Fsp3) is 0.343. The molecule has 1 fully saturated rings. The highest BCUT2D eigenvalue weighted by atomic mass is 32.2. The van der Waals surface area contributed by atoms with Crippen molar-refractivity contribution in [1.82, 2.24) is 15.5 Å². The fourth-order valence-corrected chi connectivity index (χ4v) is 6.39. The van der Waals surface area contributed by atoms with Gasteiger partial charge in [0.1, 0.15) is 30.1 Å². The largest absolute Gasteiger partial charge is 0.457 e. The van der Waals surface area contributed by atoms with E-state index < -0.39 is 59.3 Å². The molecule has 3 amide bonds. The highest BCUT2D eigenvalue weighted by Gasteiger charge is 2.43. The van der Waals surface area contributed by atoms with Crippen molar-refractivity contribution in [3.8, 4) is 0 Å². The third kappa shape index (κ3) is 9.20. The summed E-state index contributed by atoms with van der Waals surface area (Å²) in [5.41, 5.74) is 2.32. The Morgan fingerprint density at radius 1 is 0.870 bits per heavy atom. The van der Waals surface area contributed by atoms with Crippen LogP contribution in [0.2, 0.25) is 0 Å². The zero-order valence-electron chi connectivity index (χ0n) is 26.1. The molecule has 0 aliphatic carbocycles. The minimum Gasteiger partial charge on any atom is -0.457 e. The molecule has 1 heterocycles. The van der Waals surface area contributed by atoms with Gasteiger partial charge in [0.2, 0.25) is 11.8 Å². The number of nitrogens with zero attached hydrogens (tertiary/aromatic N) is 1. The quantitative estimate of drug-likeness (QED) is 0.154. The molecule has 0 saturated carbocycles. The molecule has 3 aromatic rings. The van der Waals surface area contributed by atoms with Gasteiger partial charge in [-0.3, -0.25) is 14.4 Å². The zero-order chi connectivity index (χ0) is 33.1. The summed E-state index contributed by atoms with van der Waals surface area (Å²) in [6.07, 6.45) is -1.89. The number of benzene rings is 3. The van der Waals surface area contributed by atoms with Gasteiger partial charge >= 0.3 is 12.1 Å². The third-order valence-electron chi connectivity index (χ3n) is 7.32. The van der Waals surface area contributed by atoms with Crippen LogP contribution in [-0.2, 0) is 41.7 Å². The van der Waals surface area contributed by atoms with Crippen LogP contribution in [0.4, 0.5) is 4.79 Å². The maximum absolute atomic E-state index is 14.1. The van der Waals surface area contributed by atoms with Crippen LogP contribution in [0, 0.1) is 5.92 Å². The maximum Gasteiger partial charge on any atom is 0.408 e. The Kier molecular flexibility index (Phi) is 12.4. The number of Topliss-reactive ketones (excluding diaryl/α,β-unsaturated/α-hetero) is 1. The Balaban J connectivity index is 1.56. The molecular formula is C35H39N3O7S. The van der Waals surface area contributed by atoms with E-state index in [-0.39, 0.29) is 19.4 Å². The van der Waals surface area contributed by atoms with Gasteiger partial charge in [-0.05, 0) is 43.4 Å². The van der Waals surface area contributed by atoms with Gasteiger partial charge in [0.15, 0.2) is 0 Å². The first-order valence-corrected chi connectivity index (χ1v) is 16.3. The summed E-state index contributed by atoms with van der Waals surface area (Å²) in [5, 5.41) is 5.07. The molecule has 3 aromatic carbocycles. The van der Waals surface area contributed by atoms with Crippen LogP contribution in [0.1, 0.15) is 49.3 Å². The fourth-order valence-electron chi connectivity index (χ4n) is 5.02. The van der Waals surface area contributed by atoms with Crippen LogP contribution < -0.4 is 10.6 Å². The lowest BCUT2D eigenvalue weighted by Gasteiger charge is -2.33. The van der Waals surface area contributed by atoms with Gasteiger partial charge in [-0.1, -0.05) is 97.9 Å². The first-order chi connectivity index (χ1) is 22.2. The van der Waals surface area contributed by atoms with Crippen molar-refractivity contribution >= 4 is 41.4 Å². The van der Waals surface area contributed by atoms with Gasteiger partial charge in [0.25, 0.3) is 5.78 Å². The molecule has 4 atom stereocenters. The SMILES string of the molecule is CC[C@H](NC(=O)OCc1ccccc1)C(=O)N1[C@@H](NC(=O)[C@@H](Cc2ccccc2)C(=O)C(=O)OC(C)C)CS[C@@H]1c1ccccc1. The Morgan fingerprint density at radius 3 is 2.04 bits per heavy atom. The highest BCUT2D eigenvalue weighted by Crippen LogP contribution is 2.41. The number of nitrogens with one attached hydrogen (secondary N) is 2. The first-order valence-electron chi connectivity index (χ1n) is 15.2. The van der Waals surface area contributed by atoms with E-state index >= 15 is 0 Å². The second-order valence-corrected chi connectivity index (χ2v) is 12.2. The first kappa shape index (κ1) is 34.2. The van der Waals surface area contributed by atoms with E-state index in [1.54, 1.807) is 45.0 Å². The van der Waals surface area contributed by atoms with Crippen LogP contribution in [0.15, 0.2) is 91.0 Å². The molecule has 0 radical (unpaired) electrons. The Bertz CT molecular complexity index is 1490. The highest BCUT2D eigenvalue weighted by molar-refractivity contribution is 7.99. The number of amides is 3. The maximum atomic E-state index is 14.1. The number of hydrogen-bond acceptors (Lipinski definition) is 8. The van der Waals surface area contributed by atoms with Gasteiger partial charge in [0.05, 0.1) is 6.10 Å². The normalized spacial score (nSPS) is 17.1. The van der Waals surface area contributed by atoms with Crippen molar-refractivity contribution < 1.29 is 33.4 Å². The molecule has 0 unspecified atom stereocenters. The number of ether oxygens (including phenoxy) is 2. The number of rotatable bonds is 13. The lowest BCUT2D eigenvalue weighted by molar-refractivity contribution is -0.160. The number of hydrogen-bond donors (Lipinski definition) is 2. The van der Waals surface area contributed by atoms with Crippen molar-refractivity contribution in [2.45, 2.75) is 63.9 Å². The minimum absolute atomic E-state index is 0.0268. The van der Waals surface area contributed by atoms with Crippen LogP contribution in [0.25, 0.3) is 0 Å². The smallest absolute Gasteiger partial charge is 0.408 e. The summed E-state index contributed by atoms with van der Waals surface area (Å²) in [4.78, 5) is 68.1. The molecule has 46 heavy (non-hydrogen) atoms. The molecule has 0 aromatic heterocycles. The second-order valence-electron chi connectivity index (χ2n) is 11.1. The molecule has 1 aliphatic heterocycles. The molecule has 1 saturated heterocycles. The molecule has 242 valence electrons. The molecule has 11 heteroatoms. The monoisotopic (exact) mass is 645 g/mol. The summed E-state index contributed by atoms with van der Waals surface area (Å²) >= 11 is 1.44. The molecule has 4 rings (SSSR count). The lowest BCUT2D eigenvalue weighted by atomic mass is 9.94. The van der Waals surface area contributed by atoms with Gasteiger partial charge in [-0.25, -0.2) is 9.59 Å². The Morgan fingerprint density at radius 2 is 1.46 bits per heavy atom. The molecule has 10 nitrogen and oxygen atoms in total. The van der Waals surface area contributed by atoms with Crippen LogP contribution in [0.3, 0.4) is 0 Å². The number of thioether (sulfide) groups is 1. The van der Waals surface area contributed by atoms with Crippen molar-refractivity contribution in [2.24, 2.45) is 5.92 Å². The Hall–Kier alpha value is -4.64. The van der Waals surface area contributed by atoms with E-state index in [0.717, 1.165) is 11.1 Å². The minimum atomic E-state index is -1.38. The number of ketones is 1. The summed E-state index contributed by atoms with van der Waals surface area (Å²) in [7, 11) is 0. The van der Waals surface area contributed by atoms with Gasteiger partial charge in [0, 0.05) is 5.75 Å². The standard InChI is InChI=1S/C35H39N3O7S/c1-4-28(36-35(43)44-21-25-16-10-6-11-17-25)32(41)38-29(22-46-33(38)26-18-12-7-13-19-26)37-31(40)27(20-24-14-8-5-9-15-24)30(39)34(42)45-23(2)3/h5-19,23,27-29,33H,4,20-22H2,1-3H3,(H,36,43)(H,37,40)/t27-,28-,29+,33+/m0/s1. The molecular weight excluding hydrogens is 606 g/mol. The molecule has 2 N–H and O–H groups in total. The number of carbonyl (C=O) groups is 5. The second kappa shape index (κ2) is 16.6. The van der Waals surface area contributed by atoms with Crippen LogP contribution in [-0.4, -0.2) is 58.6 Å². The van der Waals surface area contributed by atoms with E-state index in [0.29, 0.717) is 11.3 Å². The van der Waals surface area contributed by atoms with Crippen molar-refractivity contribution in [2.75, 3.05) is 5.75 Å². The van der Waals surface area contributed by atoms with E-state index in [1.165, 1.54) is 16.7 Å². The zero-order valence-corrected chi connectivity index (χ0v) is 26.9. The van der Waals surface area contributed by atoms with E-state index in [1.807, 2.05) is 66.7 Å². The predicted molar refractivity (Wildman–Crippen MR) is 174 cm³/mol. The van der Waals surface area contributed by atoms with Crippen molar-refractivity contribution in [1.29, 1.82) is 0 Å². The van der Waals surface area contributed by atoms with Gasteiger partial charge in [-0.2, -0.15) is 0 Å².